The highest BCUT2D eigenvalue weighted by Gasteiger charge is 2.36. The second kappa shape index (κ2) is 4.18. The molecule has 2 heterocycles. The number of H-pyrrole nitrogens is 1. The van der Waals surface area contributed by atoms with E-state index in [-0.39, 0.29) is 6.42 Å². The average molecular weight is 230 g/mol. The second-order valence-electron chi connectivity index (χ2n) is 3.58. The molecule has 0 aromatic carbocycles. The SMILES string of the molecule is O=c1ccn(C2CC(F)C(CO)O2)c(=O)[nH]1. The minimum atomic E-state index is -1.31. The molecule has 0 aliphatic carbocycles. The van der Waals surface area contributed by atoms with E-state index in [1.807, 2.05) is 0 Å². The molecule has 1 aromatic rings. The average Bonchev–Trinajstić information content (AvgIpc) is 2.59. The molecule has 1 aromatic heterocycles. The number of rotatable bonds is 2. The summed E-state index contributed by atoms with van der Waals surface area (Å²) >= 11 is 0. The van der Waals surface area contributed by atoms with E-state index >= 15 is 0 Å². The fourth-order valence-electron chi connectivity index (χ4n) is 1.68. The van der Waals surface area contributed by atoms with Crippen molar-refractivity contribution in [3.05, 3.63) is 33.1 Å². The smallest absolute Gasteiger partial charge is 0.330 e. The van der Waals surface area contributed by atoms with Gasteiger partial charge < -0.3 is 9.84 Å². The van der Waals surface area contributed by atoms with Crippen LogP contribution in [0.15, 0.2) is 21.9 Å². The molecular weight excluding hydrogens is 219 g/mol. The van der Waals surface area contributed by atoms with E-state index in [9.17, 15) is 14.0 Å². The van der Waals surface area contributed by atoms with Crippen molar-refractivity contribution in [1.29, 1.82) is 0 Å². The van der Waals surface area contributed by atoms with Gasteiger partial charge in [0.2, 0.25) is 0 Å². The zero-order chi connectivity index (χ0) is 11.7. The third-order valence-electron chi connectivity index (χ3n) is 2.50. The Kier molecular flexibility index (Phi) is 2.88. The van der Waals surface area contributed by atoms with Crippen molar-refractivity contribution >= 4 is 0 Å². The summed E-state index contributed by atoms with van der Waals surface area (Å²) in [5, 5.41) is 8.80. The minimum absolute atomic E-state index is 0.0167. The van der Waals surface area contributed by atoms with Crippen molar-refractivity contribution in [2.75, 3.05) is 6.61 Å². The number of halogens is 1. The van der Waals surface area contributed by atoms with E-state index in [1.54, 1.807) is 0 Å². The molecule has 3 atom stereocenters. The summed E-state index contributed by atoms with van der Waals surface area (Å²) in [6.07, 6.45) is -1.77. The molecule has 0 amide bonds. The van der Waals surface area contributed by atoms with Crippen molar-refractivity contribution in [2.24, 2.45) is 0 Å². The zero-order valence-electron chi connectivity index (χ0n) is 8.30. The number of ether oxygens (including phenoxy) is 1. The van der Waals surface area contributed by atoms with Gasteiger partial charge in [-0.05, 0) is 0 Å². The fourth-order valence-corrected chi connectivity index (χ4v) is 1.68. The number of hydrogen-bond donors (Lipinski definition) is 2. The van der Waals surface area contributed by atoms with Gasteiger partial charge in [-0.25, -0.2) is 9.18 Å². The number of alkyl halides is 1. The van der Waals surface area contributed by atoms with Crippen molar-refractivity contribution in [2.45, 2.75) is 24.9 Å². The summed E-state index contributed by atoms with van der Waals surface area (Å²) in [4.78, 5) is 24.2. The van der Waals surface area contributed by atoms with Crippen LogP contribution < -0.4 is 11.2 Å². The number of aromatic amines is 1. The summed E-state index contributed by atoms with van der Waals surface area (Å²) in [7, 11) is 0. The van der Waals surface area contributed by atoms with E-state index in [0.717, 1.165) is 10.6 Å². The predicted octanol–water partition coefficient (Wildman–Crippen LogP) is -0.845. The van der Waals surface area contributed by atoms with Crippen LogP contribution in [0.25, 0.3) is 0 Å². The first-order valence-corrected chi connectivity index (χ1v) is 4.83. The van der Waals surface area contributed by atoms with E-state index in [1.165, 1.54) is 6.20 Å². The van der Waals surface area contributed by atoms with Crippen LogP contribution in [0, 0.1) is 0 Å². The van der Waals surface area contributed by atoms with Gasteiger partial charge in [-0.2, -0.15) is 0 Å². The lowest BCUT2D eigenvalue weighted by Crippen LogP contribution is -2.31. The number of nitrogens with zero attached hydrogens (tertiary/aromatic N) is 1. The Balaban J connectivity index is 2.27. The second-order valence-corrected chi connectivity index (χ2v) is 3.58. The highest BCUT2D eigenvalue weighted by atomic mass is 19.1. The largest absolute Gasteiger partial charge is 0.394 e. The molecule has 0 radical (unpaired) electrons. The molecule has 0 spiro atoms. The summed E-state index contributed by atoms with van der Waals surface area (Å²) in [5.41, 5.74) is -1.17. The van der Waals surface area contributed by atoms with Crippen LogP contribution >= 0.6 is 0 Å². The van der Waals surface area contributed by atoms with Crippen LogP contribution in [0.5, 0.6) is 0 Å². The lowest BCUT2D eigenvalue weighted by atomic mass is 10.2. The van der Waals surface area contributed by atoms with Crippen molar-refractivity contribution in [1.82, 2.24) is 9.55 Å². The van der Waals surface area contributed by atoms with Gasteiger partial charge in [-0.1, -0.05) is 0 Å². The highest BCUT2D eigenvalue weighted by molar-refractivity contribution is 4.88. The Hall–Kier alpha value is -1.47. The number of hydrogen-bond acceptors (Lipinski definition) is 4. The molecule has 3 unspecified atom stereocenters. The summed E-state index contributed by atoms with van der Waals surface area (Å²) in [5.74, 6) is 0. The van der Waals surface area contributed by atoms with E-state index in [0.29, 0.717) is 0 Å². The predicted molar refractivity (Wildman–Crippen MR) is 51.8 cm³/mol. The molecule has 1 aliphatic heterocycles. The molecule has 0 bridgehead atoms. The molecule has 1 saturated heterocycles. The maximum atomic E-state index is 13.3. The fraction of sp³-hybridized carbons (Fsp3) is 0.556. The lowest BCUT2D eigenvalue weighted by molar-refractivity contribution is -0.0356. The van der Waals surface area contributed by atoms with Crippen LogP contribution in [0.3, 0.4) is 0 Å². The van der Waals surface area contributed by atoms with E-state index in [4.69, 9.17) is 9.84 Å². The molecule has 7 heteroatoms. The number of aromatic nitrogens is 2. The number of aliphatic hydroxyl groups is 1. The Morgan fingerprint density at radius 2 is 2.38 bits per heavy atom. The summed E-state index contributed by atoms with van der Waals surface area (Å²) in [6, 6.07) is 1.16. The Labute approximate surface area is 89.3 Å². The summed E-state index contributed by atoms with van der Waals surface area (Å²) in [6.45, 7) is -0.435. The first kappa shape index (κ1) is 11.0. The van der Waals surface area contributed by atoms with E-state index in [2.05, 4.69) is 4.98 Å². The van der Waals surface area contributed by atoms with Gasteiger partial charge in [0, 0.05) is 18.7 Å². The molecule has 16 heavy (non-hydrogen) atoms. The molecular formula is C9H11FN2O4. The van der Waals surface area contributed by atoms with Crippen LogP contribution in [0.1, 0.15) is 12.6 Å². The van der Waals surface area contributed by atoms with E-state index < -0.39 is 36.4 Å². The van der Waals surface area contributed by atoms with Gasteiger partial charge in [-0.3, -0.25) is 14.3 Å². The third kappa shape index (κ3) is 1.91. The van der Waals surface area contributed by atoms with Crippen LogP contribution in [-0.4, -0.2) is 33.5 Å². The van der Waals surface area contributed by atoms with Crippen LogP contribution in [-0.2, 0) is 4.74 Å². The summed E-state index contributed by atoms with van der Waals surface area (Å²) < 4.78 is 19.5. The maximum absolute atomic E-state index is 13.3. The maximum Gasteiger partial charge on any atom is 0.330 e. The molecule has 88 valence electrons. The molecule has 6 nitrogen and oxygen atoms in total. The van der Waals surface area contributed by atoms with Gasteiger partial charge in [0.15, 0.2) is 0 Å². The molecule has 1 aliphatic rings. The normalized spacial score (nSPS) is 29.5. The quantitative estimate of drug-likeness (QED) is 0.693. The topological polar surface area (TPSA) is 84.3 Å². The van der Waals surface area contributed by atoms with Gasteiger partial charge >= 0.3 is 5.69 Å². The number of aliphatic hydroxyl groups excluding tert-OH is 1. The van der Waals surface area contributed by atoms with Gasteiger partial charge in [0.05, 0.1) is 6.61 Å². The molecule has 1 fully saturated rings. The van der Waals surface area contributed by atoms with Gasteiger partial charge in [0.25, 0.3) is 5.56 Å². The van der Waals surface area contributed by atoms with Crippen molar-refractivity contribution in [3.63, 3.8) is 0 Å². The lowest BCUT2D eigenvalue weighted by Gasteiger charge is -2.13. The van der Waals surface area contributed by atoms with Gasteiger partial charge in [0.1, 0.15) is 18.5 Å². The highest BCUT2D eigenvalue weighted by Crippen LogP contribution is 2.29. The third-order valence-corrected chi connectivity index (χ3v) is 2.50. The number of nitrogens with one attached hydrogen (secondary N) is 1. The molecule has 2 N–H and O–H groups in total. The Bertz CT molecular complexity index is 483. The van der Waals surface area contributed by atoms with Gasteiger partial charge in [-0.15, -0.1) is 0 Å². The van der Waals surface area contributed by atoms with Crippen LogP contribution in [0.4, 0.5) is 4.39 Å². The molecule has 2 rings (SSSR count). The van der Waals surface area contributed by atoms with Crippen molar-refractivity contribution < 1.29 is 14.2 Å². The monoisotopic (exact) mass is 230 g/mol. The first-order chi connectivity index (χ1) is 7.61. The first-order valence-electron chi connectivity index (χ1n) is 4.83. The van der Waals surface area contributed by atoms with Crippen LogP contribution in [0.2, 0.25) is 0 Å². The zero-order valence-corrected chi connectivity index (χ0v) is 8.30. The molecule has 0 saturated carbocycles. The van der Waals surface area contributed by atoms with Crippen molar-refractivity contribution in [3.8, 4) is 0 Å². The Morgan fingerprint density at radius 1 is 1.62 bits per heavy atom. The minimum Gasteiger partial charge on any atom is -0.394 e. The Morgan fingerprint density at radius 3 is 2.94 bits per heavy atom. The standard InChI is InChI=1S/C9H11FN2O4/c10-5-3-8(16-6(5)4-13)12-2-1-7(14)11-9(12)15/h1-2,5-6,8,13H,3-4H2,(H,11,14,15).